The van der Waals surface area contributed by atoms with Crippen molar-refractivity contribution in [1.29, 1.82) is 0 Å². The van der Waals surface area contributed by atoms with Crippen molar-refractivity contribution in [2.45, 2.75) is 19.4 Å². The Morgan fingerprint density at radius 3 is 2.29 bits per heavy atom. The lowest BCUT2D eigenvalue weighted by Gasteiger charge is -2.20. The minimum absolute atomic E-state index is 0.0824. The van der Waals surface area contributed by atoms with Crippen LogP contribution in [0.1, 0.15) is 24.2 Å². The Labute approximate surface area is 202 Å². The van der Waals surface area contributed by atoms with E-state index < -0.39 is 11.4 Å². The smallest absolute Gasteiger partial charge is 0.256 e. The maximum atomic E-state index is 12.6. The molecule has 0 bridgehead atoms. The molecule has 0 saturated heterocycles. The predicted molar refractivity (Wildman–Crippen MR) is 134 cm³/mol. The molecule has 0 fully saturated rings. The molecule has 2 heterocycles. The van der Waals surface area contributed by atoms with Crippen molar-refractivity contribution >= 4 is 29.0 Å². The standard InChI is InChI=1S/C24H28N8O3/c1-24(2,26)13-27-23-30-21(28-15-10-16(34-3)12-17(11-15)35-4)18(19(25)33)22-29-20(31-32(22)23)14-8-6-5-7-9-14/h5-12,28H,13,26H2,1-4H3,(H2,25,33)(H,27,30). The van der Waals surface area contributed by atoms with E-state index in [1.165, 1.54) is 4.52 Å². The van der Waals surface area contributed by atoms with Crippen molar-refractivity contribution in [1.82, 2.24) is 19.6 Å². The third kappa shape index (κ3) is 5.25. The Morgan fingerprint density at radius 1 is 1.06 bits per heavy atom. The van der Waals surface area contributed by atoms with Crippen molar-refractivity contribution in [3.05, 3.63) is 54.1 Å². The summed E-state index contributed by atoms with van der Waals surface area (Å²) in [5.41, 5.74) is 13.1. The van der Waals surface area contributed by atoms with Gasteiger partial charge in [-0.1, -0.05) is 30.3 Å². The van der Waals surface area contributed by atoms with E-state index in [1.807, 2.05) is 44.2 Å². The number of ether oxygens (including phenoxy) is 2. The zero-order chi connectivity index (χ0) is 25.2. The number of amides is 1. The first-order chi connectivity index (χ1) is 16.7. The van der Waals surface area contributed by atoms with E-state index in [9.17, 15) is 4.79 Å². The number of anilines is 3. The molecule has 0 saturated carbocycles. The molecule has 4 rings (SSSR count). The number of nitrogens with two attached hydrogens (primary N) is 2. The molecule has 2 aromatic carbocycles. The number of aromatic nitrogens is 4. The summed E-state index contributed by atoms with van der Waals surface area (Å²) in [7, 11) is 3.10. The van der Waals surface area contributed by atoms with Crippen molar-refractivity contribution < 1.29 is 14.3 Å². The van der Waals surface area contributed by atoms with Gasteiger partial charge in [0, 0.05) is 41.5 Å². The average molecular weight is 477 g/mol. The molecule has 11 nitrogen and oxygen atoms in total. The quantitative estimate of drug-likeness (QED) is 0.285. The number of hydrogen-bond donors (Lipinski definition) is 4. The van der Waals surface area contributed by atoms with E-state index >= 15 is 0 Å². The number of nitrogens with one attached hydrogen (secondary N) is 2. The number of carbonyl (C=O) groups excluding carboxylic acids is 1. The van der Waals surface area contributed by atoms with Gasteiger partial charge < -0.3 is 31.6 Å². The highest BCUT2D eigenvalue weighted by molar-refractivity contribution is 6.04. The Morgan fingerprint density at radius 2 is 1.71 bits per heavy atom. The van der Waals surface area contributed by atoms with Crippen LogP contribution in [-0.2, 0) is 0 Å². The molecular weight excluding hydrogens is 448 g/mol. The van der Waals surface area contributed by atoms with Crippen LogP contribution in [-0.4, -0.2) is 51.8 Å². The first-order valence-corrected chi connectivity index (χ1v) is 10.9. The molecule has 2 aromatic heterocycles. The molecule has 1 amide bonds. The van der Waals surface area contributed by atoms with Gasteiger partial charge >= 0.3 is 0 Å². The maximum absolute atomic E-state index is 12.6. The molecular formula is C24H28N8O3. The van der Waals surface area contributed by atoms with Crippen molar-refractivity contribution in [3.63, 3.8) is 0 Å². The first-order valence-electron chi connectivity index (χ1n) is 10.9. The third-order valence-electron chi connectivity index (χ3n) is 5.08. The third-order valence-corrected chi connectivity index (χ3v) is 5.08. The lowest BCUT2D eigenvalue weighted by atomic mass is 10.1. The normalized spacial score (nSPS) is 11.3. The Bertz CT molecular complexity index is 1340. The summed E-state index contributed by atoms with van der Waals surface area (Å²) >= 11 is 0. The zero-order valence-corrected chi connectivity index (χ0v) is 20.0. The summed E-state index contributed by atoms with van der Waals surface area (Å²) in [4.78, 5) is 21.9. The van der Waals surface area contributed by atoms with Crippen LogP contribution in [0.5, 0.6) is 11.5 Å². The number of carbonyl (C=O) groups is 1. The topological polar surface area (TPSA) is 155 Å². The SMILES string of the molecule is COc1cc(Nc2nc(NCC(C)(C)N)n3nc(-c4ccccc4)nc3c2C(N)=O)cc(OC)c1. The lowest BCUT2D eigenvalue weighted by molar-refractivity contribution is 0.100. The molecule has 0 aliphatic carbocycles. The summed E-state index contributed by atoms with van der Waals surface area (Å²) in [5, 5.41) is 11.0. The van der Waals surface area contributed by atoms with E-state index in [4.69, 9.17) is 20.9 Å². The van der Waals surface area contributed by atoms with Crippen molar-refractivity contribution in [3.8, 4) is 22.9 Å². The highest BCUT2D eigenvalue weighted by Crippen LogP contribution is 2.31. The Kier molecular flexibility index (Phi) is 6.43. The molecule has 35 heavy (non-hydrogen) atoms. The zero-order valence-electron chi connectivity index (χ0n) is 20.0. The van der Waals surface area contributed by atoms with Crippen LogP contribution >= 0.6 is 0 Å². The fourth-order valence-corrected chi connectivity index (χ4v) is 3.40. The summed E-state index contributed by atoms with van der Waals surface area (Å²) in [6.45, 7) is 4.15. The second kappa shape index (κ2) is 9.47. The van der Waals surface area contributed by atoms with Gasteiger partial charge in [0.2, 0.25) is 5.95 Å². The number of hydrogen-bond acceptors (Lipinski definition) is 9. The largest absolute Gasteiger partial charge is 0.497 e. The molecule has 4 aromatic rings. The molecule has 0 unspecified atom stereocenters. The van der Waals surface area contributed by atoms with E-state index in [1.54, 1.807) is 32.4 Å². The van der Waals surface area contributed by atoms with Crippen LogP contribution in [0.2, 0.25) is 0 Å². The molecule has 11 heteroatoms. The highest BCUT2D eigenvalue weighted by atomic mass is 16.5. The lowest BCUT2D eigenvalue weighted by Crippen LogP contribution is -2.40. The summed E-state index contributed by atoms with van der Waals surface area (Å²) in [6, 6.07) is 14.6. The number of methoxy groups -OCH3 is 2. The molecule has 0 radical (unpaired) electrons. The molecule has 0 aliphatic rings. The van der Waals surface area contributed by atoms with Crippen LogP contribution in [0.25, 0.3) is 17.0 Å². The number of benzene rings is 2. The molecule has 0 spiro atoms. The van der Waals surface area contributed by atoms with Gasteiger partial charge in [-0.3, -0.25) is 4.79 Å². The maximum Gasteiger partial charge on any atom is 0.256 e. The van der Waals surface area contributed by atoms with Gasteiger partial charge in [-0.05, 0) is 13.8 Å². The van der Waals surface area contributed by atoms with Gasteiger partial charge in [0.05, 0.1) is 14.2 Å². The summed E-state index contributed by atoms with van der Waals surface area (Å²) < 4.78 is 12.2. The van der Waals surface area contributed by atoms with E-state index in [0.29, 0.717) is 35.5 Å². The van der Waals surface area contributed by atoms with Crippen molar-refractivity contribution in [2.75, 3.05) is 31.4 Å². The number of nitrogens with zero attached hydrogens (tertiary/aromatic N) is 4. The summed E-state index contributed by atoms with van der Waals surface area (Å²) in [5.74, 6) is 1.37. The van der Waals surface area contributed by atoms with E-state index in [2.05, 4.69) is 25.7 Å². The Balaban J connectivity index is 1.90. The predicted octanol–water partition coefficient (Wildman–Crippen LogP) is 2.80. The highest BCUT2D eigenvalue weighted by Gasteiger charge is 2.24. The average Bonchev–Trinajstić information content (AvgIpc) is 3.27. The van der Waals surface area contributed by atoms with Crippen LogP contribution in [0.3, 0.4) is 0 Å². The second-order valence-electron chi connectivity index (χ2n) is 8.63. The van der Waals surface area contributed by atoms with E-state index in [-0.39, 0.29) is 17.0 Å². The minimum Gasteiger partial charge on any atom is -0.497 e. The van der Waals surface area contributed by atoms with Crippen LogP contribution < -0.4 is 31.6 Å². The molecule has 0 atom stereocenters. The van der Waals surface area contributed by atoms with Gasteiger partial charge in [0.1, 0.15) is 17.1 Å². The van der Waals surface area contributed by atoms with Gasteiger partial charge in [-0.2, -0.15) is 9.50 Å². The molecule has 6 N–H and O–H groups in total. The molecule has 182 valence electrons. The van der Waals surface area contributed by atoms with Gasteiger partial charge in [0.25, 0.3) is 5.91 Å². The first kappa shape index (κ1) is 23.8. The van der Waals surface area contributed by atoms with Crippen LogP contribution in [0.15, 0.2) is 48.5 Å². The second-order valence-corrected chi connectivity index (χ2v) is 8.63. The van der Waals surface area contributed by atoms with E-state index in [0.717, 1.165) is 5.56 Å². The van der Waals surface area contributed by atoms with Crippen LogP contribution in [0, 0.1) is 0 Å². The van der Waals surface area contributed by atoms with Crippen molar-refractivity contribution in [2.24, 2.45) is 11.5 Å². The fraction of sp³-hybridized carbons (Fsp3) is 0.250. The monoisotopic (exact) mass is 476 g/mol. The summed E-state index contributed by atoms with van der Waals surface area (Å²) in [6.07, 6.45) is 0. The fourth-order valence-electron chi connectivity index (χ4n) is 3.40. The number of fused-ring (bicyclic) bond motifs is 1. The van der Waals surface area contributed by atoms with Crippen LogP contribution in [0.4, 0.5) is 17.5 Å². The molecule has 0 aliphatic heterocycles. The van der Waals surface area contributed by atoms with Gasteiger partial charge in [-0.25, -0.2) is 4.98 Å². The minimum atomic E-state index is -0.711. The van der Waals surface area contributed by atoms with Gasteiger partial charge in [0.15, 0.2) is 17.3 Å². The van der Waals surface area contributed by atoms with Gasteiger partial charge in [-0.15, -0.1) is 5.10 Å². The number of primary amides is 1. The Hall–Kier alpha value is -4.38. The number of rotatable bonds is 9.